The normalized spacial score (nSPS) is 19.3. The lowest BCUT2D eigenvalue weighted by Gasteiger charge is -2.31. The van der Waals surface area contributed by atoms with Gasteiger partial charge in [-0.15, -0.1) is 0 Å². The van der Waals surface area contributed by atoms with Gasteiger partial charge in [0.15, 0.2) is 0 Å². The first-order valence-electron chi connectivity index (χ1n) is 6.65. The van der Waals surface area contributed by atoms with E-state index in [0.29, 0.717) is 6.10 Å². The molecule has 0 aliphatic heterocycles. The Labute approximate surface area is 101 Å². The van der Waals surface area contributed by atoms with Crippen LogP contribution in [0.3, 0.4) is 0 Å². The summed E-state index contributed by atoms with van der Waals surface area (Å²) in [4.78, 5) is 0. The molecule has 0 saturated heterocycles. The summed E-state index contributed by atoms with van der Waals surface area (Å²) < 4.78 is 5.99. The Bertz CT molecular complexity index is 199. The van der Waals surface area contributed by atoms with Crippen molar-refractivity contribution in [2.24, 2.45) is 5.41 Å². The first-order chi connectivity index (χ1) is 7.29. The summed E-state index contributed by atoms with van der Waals surface area (Å²) in [5, 5.41) is 3.56. The van der Waals surface area contributed by atoms with Crippen molar-refractivity contribution in [1.82, 2.24) is 5.32 Å². The molecule has 0 aromatic heterocycles. The van der Waals surface area contributed by atoms with E-state index >= 15 is 0 Å². The molecule has 0 spiro atoms. The van der Waals surface area contributed by atoms with Crippen LogP contribution in [0.15, 0.2) is 0 Å². The van der Waals surface area contributed by atoms with Crippen LogP contribution in [0.1, 0.15) is 60.3 Å². The van der Waals surface area contributed by atoms with Crippen molar-refractivity contribution in [3.8, 4) is 0 Å². The average Bonchev–Trinajstić information content (AvgIpc) is 2.64. The minimum Gasteiger partial charge on any atom is -0.378 e. The van der Waals surface area contributed by atoms with Gasteiger partial charge < -0.3 is 10.1 Å². The zero-order chi connectivity index (χ0) is 12.2. The maximum atomic E-state index is 5.99. The second-order valence-corrected chi connectivity index (χ2v) is 6.99. The predicted octanol–water partition coefficient (Wildman–Crippen LogP) is 3.36. The average molecular weight is 227 g/mol. The second kappa shape index (κ2) is 5.50. The molecule has 0 radical (unpaired) electrons. The van der Waals surface area contributed by atoms with E-state index < -0.39 is 0 Å². The van der Waals surface area contributed by atoms with Gasteiger partial charge in [0, 0.05) is 17.5 Å². The molecule has 2 heteroatoms. The fraction of sp³-hybridized carbons (Fsp3) is 1.00. The van der Waals surface area contributed by atoms with Crippen molar-refractivity contribution < 1.29 is 4.74 Å². The quantitative estimate of drug-likeness (QED) is 0.777. The molecule has 1 saturated carbocycles. The lowest BCUT2D eigenvalue weighted by Crippen LogP contribution is -2.43. The van der Waals surface area contributed by atoms with Crippen LogP contribution < -0.4 is 5.32 Å². The summed E-state index contributed by atoms with van der Waals surface area (Å²) in [7, 11) is 0. The van der Waals surface area contributed by atoms with Crippen molar-refractivity contribution in [3.63, 3.8) is 0 Å². The van der Waals surface area contributed by atoms with Gasteiger partial charge >= 0.3 is 0 Å². The zero-order valence-corrected chi connectivity index (χ0v) is 11.7. The summed E-state index contributed by atoms with van der Waals surface area (Å²) in [6, 6.07) is 0. The predicted molar refractivity (Wildman–Crippen MR) is 69.7 cm³/mol. The van der Waals surface area contributed by atoms with E-state index in [9.17, 15) is 0 Å². The molecule has 1 aliphatic carbocycles. The molecule has 1 fully saturated rings. The maximum Gasteiger partial charge on any atom is 0.0575 e. The highest BCUT2D eigenvalue weighted by molar-refractivity contribution is 4.79. The molecule has 2 nitrogen and oxygen atoms in total. The minimum absolute atomic E-state index is 0.199. The maximum absolute atomic E-state index is 5.99. The third-order valence-corrected chi connectivity index (χ3v) is 3.11. The Balaban J connectivity index is 2.22. The van der Waals surface area contributed by atoms with Gasteiger partial charge in [-0.05, 0) is 33.6 Å². The van der Waals surface area contributed by atoms with Crippen molar-refractivity contribution in [2.75, 3.05) is 13.2 Å². The first-order valence-corrected chi connectivity index (χ1v) is 6.65. The monoisotopic (exact) mass is 227 g/mol. The molecule has 0 unspecified atom stereocenters. The Morgan fingerprint density at radius 3 is 2.12 bits per heavy atom. The smallest absolute Gasteiger partial charge is 0.0575 e. The third-order valence-electron chi connectivity index (χ3n) is 3.11. The molecular formula is C14H29NO. The SMILES string of the molecule is CC(C)(CNC(C)(C)C)COC1CCCC1. The summed E-state index contributed by atoms with van der Waals surface area (Å²) in [5.41, 5.74) is 0.431. The molecule has 16 heavy (non-hydrogen) atoms. The van der Waals surface area contributed by atoms with Crippen LogP contribution in [-0.4, -0.2) is 24.8 Å². The van der Waals surface area contributed by atoms with E-state index in [4.69, 9.17) is 4.74 Å². The topological polar surface area (TPSA) is 21.3 Å². The van der Waals surface area contributed by atoms with Crippen LogP contribution in [-0.2, 0) is 4.74 Å². The van der Waals surface area contributed by atoms with E-state index in [-0.39, 0.29) is 11.0 Å². The molecule has 0 atom stereocenters. The van der Waals surface area contributed by atoms with E-state index in [0.717, 1.165) is 13.2 Å². The van der Waals surface area contributed by atoms with Gasteiger partial charge in [0.2, 0.25) is 0 Å². The summed E-state index contributed by atoms with van der Waals surface area (Å²) in [6.45, 7) is 13.1. The van der Waals surface area contributed by atoms with Crippen LogP contribution in [0.25, 0.3) is 0 Å². The minimum atomic E-state index is 0.199. The highest BCUT2D eigenvalue weighted by Crippen LogP contribution is 2.24. The first kappa shape index (κ1) is 14.0. The molecule has 1 N–H and O–H groups in total. The van der Waals surface area contributed by atoms with Gasteiger partial charge in [-0.25, -0.2) is 0 Å². The lowest BCUT2D eigenvalue weighted by molar-refractivity contribution is 0.00514. The largest absolute Gasteiger partial charge is 0.378 e. The highest BCUT2D eigenvalue weighted by atomic mass is 16.5. The van der Waals surface area contributed by atoms with Crippen LogP contribution in [0.2, 0.25) is 0 Å². The molecule has 0 aromatic carbocycles. The van der Waals surface area contributed by atoms with Crippen LogP contribution in [0.5, 0.6) is 0 Å². The number of hydrogen-bond acceptors (Lipinski definition) is 2. The number of rotatable bonds is 5. The fourth-order valence-electron chi connectivity index (χ4n) is 1.95. The number of nitrogens with one attached hydrogen (secondary N) is 1. The van der Waals surface area contributed by atoms with Gasteiger partial charge in [0.25, 0.3) is 0 Å². The van der Waals surface area contributed by atoms with Gasteiger partial charge in [-0.1, -0.05) is 26.7 Å². The van der Waals surface area contributed by atoms with Crippen molar-refractivity contribution in [3.05, 3.63) is 0 Å². The van der Waals surface area contributed by atoms with Crippen LogP contribution >= 0.6 is 0 Å². The lowest BCUT2D eigenvalue weighted by atomic mass is 9.93. The summed E-state index contributed by atoms with van der Waals surface area (Å²) >= 11 is 0. The molecule has 0 aromatic rings. The van der Waals surface area contributed by atoms with Crippen molar-refractivity contribution >= 4 is 0 Å². The summed E-state index contributed by atoms with van der Waals surface area (Å²) in [5.74, 6) is 0. The van der Waals surface area contributed by atoms with Gasteiger partial charge in [-0.2, -0.15) is 0 Å². The molecule has 1 rings (SSSR count). The van der Waals surface area contributed by atoms with E-state index in [1.807, 2.05) is 0 Å². The van der Waals surface area contributed by atoms with Gasteiger partial charge in [0.05, 0.1) is 12.7 Å². The van der Waals surface area contributed by atoms with Crippen LogP contribution in [0.4, 0.5) is 0 Å². The Morgan fingerprint density at radius 2 is 1.62 bits per heavy atom. The number of hydrogen-bond donors (Lipinski definition) is 1. The Kier molecular flexibility index (Phi) is 4.81. The molecule has 0 heterocycles. The molecule has 0 amide bonds. The molecular weight excluding hydrogens is 198 g/mol. The Hall–Kier alpha value is -0.0800. The van der Waals surface area contributed by atoms with E-state index in [2.05, 4.69) is 39.9 Å². The van der Waals surface area contributed by atoms with Crippen molar-refractivity contribution in [2.45, 2.75) is 71.9 Å². The standard InChI is InChI=1S/C14H29NO/c1-13(2,3)15-10-14(4,5)11-16-12-8-6-7-9-12/h12,15H,6-11H2,1-5H3. The van der Waals surface area contributed by atoms with E-state index in [1.54, 1.807) is 0 Å². The van der Waals surface area contributed by atoms with Crippen LogP contribution in [0, 0.1) is 5.41 Å². The van der Waals surface area contributed by atoms with Gasteiger partial charge in [0.1, 0.15) is 0 Å². The Morgan fingerprint density at radius 1 is 1.06 bits per heavy atom. The van der Waals surface area contributed by atoms with Gasteiger partial charge in [-0.3, -0.25) is 0 Å². The fourth-order valence-corrected chi connectivity index (χ4v) is 1.95. The second-order valence-electron chi connectivity index (χ2n) is 6.99. The third kappa shape index (κ3) is 5.86. The molecule has 96 valence electrons. The number of ether oxygens (including phenoxy) is 1. The van der Waals surface area contributed by atoms with Crippen molar-refractivity contribution in [1.29, 1.82) is 0 Å². The zero-order valence-electron chi connectivity index (χ0n) is 11.7. The molecule has 1 aliphatic rings. The van der Waals surface area contributed by atoms with E-state index in [1.165, 1.54) is 25.7 Å². The molecule has 0 bridgehead atoms. The highest BCUT2D eigenvalue weighted by Gasteiger charge is 2.24. The summed E-state index contributed by atoms with van der Waals surface area (Å²) in [6.07, 6.45) is 5.77.